The van der Waals surface area contributed by atoms with Crippen LogP contribution in [-0.2, 0) is 21.4 Å². The van der Waals surface area contributed by atoms with Gasteiger partial charge in [0.1, 0.15) is 16.3 Å². The Labute approximate surface area is 226 Å². The minimum Gasteiger partial charge on any atom is -0.383 e. The van der Waals surface area contributed by atoms with Gasteiger partial charge in [-0.15, -0.1) is 11.3 Å². The van der Waals surface area contributed by atoms with Crippen molar-refractivity contribution >= 4 is 34.8 Å². The van der Waals surface area contributed by atoms with Gasteiger partial charge in [0.05, 0.1) is 11.4 Å². The summed E-state index contributed by atoms with van der Waals surface area (Å²) in [4.78, 5) is 40.5. The standard InChI is InChI=1S/C26H27F3N6O3S/c1-16-11-17(13-18(12-16)32-24-30-7-4-20(33-24)26(27,28)29)19-14-31-23(39-19)25(38)5-9-34(10-6-25)22(37)15-35-8-2-3-21(35)36/h4,7,11-14,38H,2-3,5-6,8-10,15H2,1H3,(H,30,32,33). The Kier molecular flexibility index (Phi) is 7.29. The molecule has 13 heteroatoms. The molecule has 0 radical (unpaired) electrons. The highest BCUT2D eigenvalue weighted by Gasteiger charge is 2.38. The van der Waals surface area contributed by atoms with Crippen LogP contribution < -0.4 is 5.32 Å². The third kappa shape index (κ3) is 6.04. The fraction of sp³-hybridized carbons (Fsp3) is 0.423. The number of likely N-dealkylation sites (tertiary alicyclic amines) is 2. The van der Waals surface area contributed by atoms with Crippen LogP contribution in [0, 0.1) is 6.92 Å². The van der Waals surface area contributed by atoms with Crippen LogP contribution in [0.25, 0.3) is 10.4 Å². The molecule has 4 heterocycles. The van der Waals surface area contributed by atoms with Gasteiger partial charge in [0.2, 0.25) is 17.8 Å². The van der Waals surface area contributed by atoms with Gasteiger partial charge in [-0.2, -0.15) is 13.2 Å². The second-order valence-electron chi connectivity index (χ2n) is 9.84. The van der Waals surface area contributed by atoms with E-state index in [9.17, 15) is 27.9 Å². The highest BCUT2D eigenvalue weighted by Crippen LogP contribution is 2.39. The normalized spacial score (nSPS) is 17.5. The zero-order valence-corrected chi connectivity index (χ0v) is 22.0. The number of carbonyl (C=O) groups is 2. The van der Waals surface area contributed by atoms with Gasteiger partial charge in [-0.3, -0.25) is 9.59 Å². The number of carbonyl (C=O) groups excluding carboxylic acids is 2. The molecule has 2 saturated heterocycles. The van der Waals surface area contributed by atoms with Crippen molar-refractivity contribution in [1.29, 1.82) is 0 Å². The van der Waals surface area contributed by atoms with Crippen LogP contribution >= 0.6 is 11.3 Å². The molecular formula is C26H27F3N6O3S. The van der Waals surface area contributed by atoms with Gasteiger partial charge in [-0.25, -0.2) is 15.0 Å². The third-order valence-corrected chi connectivity index (χ3v) is 8.15. The van der Waals surface area contributed by atoms with Crippen molar-refractivity contribution in [3.8, 4) is 10.4 Å². The second kappa shape index (κ2) is 10.5. The van der Waals surface area contributed by atoms with Crippen LogP contribution in [0.5, 0.6) is 0 Å². The number of rotatable bonds is 6. The number of thiazole rings is 1. The number of aromatic nitrogens is 3. The molecule has 2 aliphatic heterocycles. The highest BCUT2D eigenvalue weighted by atomic mass is 32.1. The number of aliphatic hydroxyl groups is 1. The van der Waals surface area contributed by atoms with Crippen molar-refractivity contribution in [3.05, 3.63) is 52.9 Å². The lowest BCUT2D eigenvalue weighted by Crippen LogP contribution is -2.48. The first-order valence-corrected chi connectivity index (χ1v) is 13.4. The van der Waals surface area contributed by atoms with Crippen molar-refractivity contribution in [3.63, 3.8) is 0 Å². The number of benzene rings is 1. The number of nitrogens with zero attached hydrogens (tertiary/aromatic N) is 5. The molecule has 2 fully saturated rings. The molecule has 1 aromatic carbocycles. The van der Waals surface area contributed by atoms with E-state index in [-0.39, 0.29) is 24.3 Å². The van der Waals surface area contributed by atoms with E-state index in [1.165, 1.54) is 11.3 Å². The molecule has 206 valence electrons. The van der Waals surface area contributed by atoms with Crippen LogP contribution in [0.15, 0.2) is 36.7 Å². The maximum atomic E-state index is 13.0. The molecule has 2 aromatic heterocycles. The largest absolute Gasteiger partial charge is 0.433 e. The molecule has 0 bridgehead atoms. The molecule has 5 rings (SSSR count). The lowest BCUT2D eigenvalue weighted by molar-refractivity contribution is -0.141. The molecule has 3 aromatic rings. The number of anilines is 2. The second-order valence-corrected chi connectivity index (χ2v) is 10.9. The first-order chi connectivity index (χ1) is 18.5. The van der Waals surface area contributed by atoms with Crippen LogP contribution in [0.4, 0.5) is 24.8 Å². The maximum absolute atomic E-state index is 13.0. The first kappa shape index (κ1) is 27.0. The summed E-state index contributed by atoms with van der Waals surface area (Å²) in [6.45, 7) is 3.27. The van der Waals surface area contributed by atoms with E-state index in [1.807, 2.05) is 13.0 Å². The molecule has 39 heavy (non-hydrogen) atoms. The van der Waals surface area contributed by atoms with Crippen molar-refractivity contribution in [2.24, 2.45) is 0 Å². The number of nitrogens with one attached hydrogen (secondary N) is 1. The summed E-state index contributed by atoms with van der Waals surface area (Å²) in [5.41, 5.74) is -0.0645. The van der Waals surface area contributed by atoms with E-state index in [4.69, 9.17) is 0 Å². The number of aryl methyl sites for hydroxylation is 1. The number of hydrogen-bond donors (Lipinski definition) is 2. The van der Waals surface area contributed by atoms with E-state index >= 15 is 0 Å². The maximum Gasteiger partial charge on any atom is 0.433 e. The Balaban J connectivity index is 1.27. The molecule has 0 aliphatic carbocycles. The van der Waals surface area contributed by atoms with Gasteiger partial charge < -0.3 is 20.2 Å². The topological polar surface area (TPSA) is 112 Å². The quantitative estimate of drug-likeness (QED) is 0.467. The van der Waals surface area contributed by atoms with Crippen molar-refractivity contribution in [2.45, 2.75) is 44.4 Å². The minimum absolute atomic E-state index is 0.00374. The predicted octanol–water partition coefficient (Wildman–Crippen LogP) is 4.10. The van der Waals surface area contributed by atoms with Gasteiger partial charge in [0, 0.05) is 57.0 Å². The lowest BCUT2D eigenvalue weighted by atomic mass is 9.92. The SMILES string of the molecule is Cc1cc(Nc2nccc(C(F)(F)F)n2)cc(-c2cnc(C3(O)CCN(C(=O)CN4CCCC4=O)CC3)s2)c1. The average molecular weight is 561 g/mol. The number of amides is 2. The van der Waals surface area contributed by atoms with Crippen LogP contribution in [0.1, 0.15) is 41.9 Å². The smallest absolute Gasteiger partial charge is 0.383 e. The van der Waals surface area contributed by atoms with Crippen LogP contribution in [0.3, 0.4) is 0 Å². The summed E-state index contributed by atoms with van der Waals surface area (Å²) in [5.74, 6) is -0.281. The van der Waals surface area contributed by atoms with Crippen molar-refractivity contribution < 1.29 is 27.9 Å². The summed E-state index contributed by atoms with van der Waals surface area (Å²) >= 11 is 1.33. The molecule has 0 saturated carbocycles. The third-order valence-electron chi connectivity index (χ3n) is 6.91. The summed E-state index contributed by atoms with van der Waals surface area (Å²) in [6, 6.07) is 6.26. The molecule has 2 amide bonds. The molecule has 0 atom stereocenters. The van der Waals surface area contributed by atoms with Gasteiger partial charge >= 0.3 is 6.18 Å². The minimum atomic E-state index is -4.58. The summed E-state index contributed by atoms with van der Waals surface area (Å²) in [5, 5.41) is 14.7. The zero-order chi connectivity index (χ0) is 27.8. The van der Waals surface area contributed by atoms with Crippen LogP contribution in [-0.4, -0.2) is 67.9 Å². The Bertz CT molecular complexity index is 1390. The molecule has 0 spiro atoms. The Hall–Kier alpha value is -3.58. The number of piperidine rings is 1. The fourth-order valence-corrected chi connectivity index (χ4v) is 5.85. The summed E-state index contributed by atoms with van der Waals surface area (Å²) in [6.07, 6.45) is 0.0451. The molecule has 2 aliphatic rings. The molecule has 2 N–H and O–H groups in total. The summed E-state index contributed by atoms with van der Waals surface area (Å²) in [7, 11) is 0. The van der Waals surface area contributed by atoms with E-state index in [0.29, 0.717) is 49.6 Å². The fourth-order valence-electron chi connectivity index (χ4n) is 4.80. The number of alkyl halides is 3. The van der Waals surface area contributed by atoms with Crippen molar-refractivity contribution in [1.82, 2.24) is 24.8 Å². The van der Waals surface area contributed by atoms with Gasteiger partial charge in [-0.05, 0) is 42.7 Å². The molecular weight excluding hydrogens is 533 g/mol. The van der Waals surface area contributed by atoms with E-state index < -0.39 is 17.5 Å². The average Bonchev–Trinajstić information content (AvgIpc) is 3.54. The lowest BCUT2D eigenvalue weighted by Gasteiger charge is -2.37. The van der Waals surface area contributed by atoms with E-state index in [1.54, 1.807) is 28.1 Å². The van der Waals surface area contributed by atoms with Gasteiger partial charge in [0.15, 0.2) is 0 Å². The van der Waals surface area contributed by atoms with Crippen LogP contribution in [0.2, 0.25) is 0 Å². The zero-order valence-electron chi connectivity index (χ0n) is 21.2. The Morgan fingerprint density at radius 1 is 1.18 bits per heavy atom. The van der Waals surface area contributed by atoms with Gasteiger partial charge in [0.25, 0.3) is 0 Å². The van der Waals surface area contributed by atoms with Crippen molar-refractivity contribution in [2.75, 3.05) is 31.5 Å². The molecule has 0 unspecified atom stereocenters. The highest BCUT2D eigenvalue weighted by molar-refractivity contribution is 7.15. The Morgan fingerprint density at radius 3 is 2.64 bits per heavy atom. The van der Waals surface area contributed by atoms with E-state index in [0.717, 1.165) is 34.7 Å². The number of hydrogen-bond acceptors (Lipinski definition) is 8. The molecule has 9 nitrogen and oxygen atoms in total. The van der Waals surface area contributed by atoms with Gasteiger partial charge in [-0.1, -0.05) is 6.07 Å². The van der Waals surface area contributed by atoms with E-state index in [2.05, 4.69) is 20.3 Å². The predicted molar refractivity (Wildman–Crippen MR) is 138 cm³/mol. The Morgan fingerprint density at radius 2 is 1.95 bits per heavy atom. The summed E-state index contributed by atoms with van der Waals surface area (Å²) < 4.78 is 39.1. The number of halogens is 3. The first-order valence-electron chi connectivity index (χ1n) is 12.5. The monoisotopic (exact) mass is 560 g/mol.